The first-order valence-corrected chi connectivity index (χ1v) is 7.94. The number of aromatic nitrogens is 2. The molecule has 0 aromatic carbocycles. The molecule has 2 aliphatic carbocycles. The molecule has 0 unspecified atom stereocenters. The van der Waals surface area contributed by atoms with Gasteiger partial charge in [0.25, 0.3) is 0 Å². The number of amides is 1. The highest BCUT2D eigenvalue weighted by Gasteiger charge is 2.33. The van der Waals surface area contributed by atoms with E-state index in [0.29, 0.717) is 17.7 Å². The van der Waals surface area contributed by atoms with Gasteiger partial charge in [0.05, 0.1) is 5.69 Å². The van der Waals surface area contributed by atoms with Crippen LogP contribution in [-0.2, 0) is 17.6 Å². The molecule has 1 amide bonds. The lowest BCUT2D eigenvalue weighted by Crippen LogP contribution is -2.40. The van der Waals surface area contributed by atoms with Crippen LogP contribution in [-0.4, -0.2) is 33.9 Å². The van der Waals surface area contributed by atoms with E-state index in [2.05, 4.69) is 14.9 Å². The lowest BCUT2D eigenvalue weighted by atomic mass is 9.84. The van der Waals surface area contributed by atoms with Gasteiger partial charge in [-0.15, -0.1) is 0 Å². The number of hydrogen-bond acceptors (Lipinski definition) is 3. The van der Waals surface area contributed by atoms with Crippen LogP contribution in [0.15, 0.2) is 6.33 Å². The molecule has 0 radical (unpaired) electrons. The zero-order valence-electron chi connectivity index (χ0n) is 11.8. The molecule has 0 spiro atoms. The Morgan fingerprint density at radius 2 is 1.90 bits per heavy atom. The quantitative estimate of drug-likeness (QED) is 0.827. The van der Waals surface area contributed by atoms with Gasteiger partial charge in [0.2, 0.25) is 5.91 Å². The second-order valence-corrected chi connectivity index (χ2v) is 6.41. The number of hydrogen-bond donors (Lipinski definition) is 0. The van der Waals surface area contributed by atoms with Crippen LogP contribution in [0.5, 0.6) is 0 Å². The highest BCUT2D eigenvalue weighted by Crippen LogP contribution is 2.41. The zero-order chi connectivity index (χ0) is 13.5. The minimum Gasteiger partial charge on any atom is -0.342 e. The fourth-order valence-corrected chi connectivity index (χ4v) is 3.39. The molecule has 0 atom stereocenters. The van der Waals surface area contributed by atoms with Crippen LogP contribution in [0, 0.1) is 5.92 Å². The molecule has 0 saturated heterocycles. The molecule has 1 aromatic heterocycles. The van der Waals surface area contributed by atoms with Crippen molar-refractivity contribution in [3.63, 3.8) is 0 Å². The first kappa shape index (κ1) is 12.3. The molecule has 4 heteroatoms. The van der Waals surface area contributed by atoms with Crippen molar-refractivity contribution in [1.29, 1.82) is 0 Å². The molecule has 2 saturated carbocycles. The van der Waals surface area contributed by atoms with Gasteiger partial charge in [-0.3, -0.25) is 4.79 Å². The average Bonchev–Trinajstić information content (AvgIpc) is 3.22. The monoisotopic (exact) mass is 271 g/mol. The van der Waals surface area contributed by atoms with Gasteiger partial charge in [-0.25, -0.2) is 9.97 Å². The predicted octanol–water partition coefficient (Wildman–Crippen LogP) is 2.08. The van der Waals surface area contributed by atoms with Crippen molar-refractivity contribution in [1.82, 2.24) is 14.9 Å². The summed E-state index contributed by atoms with van der Waals surface area (Å²) in [4.78, 5) is 23.5. The molecule has 3 aliphatic rings. The second kappa shape index (κ2) is 4.83. The minimum atomic E-state index is 0.310. The lowest BCUT2D eigenvalue weighted by Gasteiger charge is -2.30. The van der Waals surface area contributed by atoms with Crippen molar-refractivity contribution in [2.45, 2.75) is 50.9 Å². The maximum Gasteiger partial charge on any atom is 0.225 e. The van der Waals surface area contributed by atoms with Gasteiger partial charge >= 0.3 is 0 Å². The van der Waals surface area contributed by atoms with Crippen LogP contribution in [0.25, 0.3) is 0 Å². The molecule has 2 heterocycles. The molecule has 4 nitrogen and oxygen atoms in total. The smallest absolute Gasteiger partial charge is 0.225 e. The van der Waals surface area contributed by atoms with E-state index in [1.807, 2.05) is 0 Å². The predicted molar refractivity (Wildman–Crippen MR) is 75.3 cm³/mol. The van der Waals surface area contributed by atoms with E-state index in [0.717, 1.165) is 38.8 Å². The average molecular weight is 271 g/mol. The van der Waals surface area contributed by atoms with Crippen LogP contribution in [0.4, 0.5) is 0 Å². The van der Waals surface area contributed by atoms with E-state index in [1.54, 1.807) is 6.33 Å². The van der Waals surface area contributed by atoms with Crippen LogP contribution in [0.3, 0.4) is 0 Å². The Hall–Kier alpha value is -1.45. The lowest BCUT2D eigenvalue weighted by molar-refractivity contribution is -0.138. The van der Waals surface area contributed by atoms with Crippen LogP contribution < -0.4 is 0 Å². The number of fused-ring (bicyclic) bond motifs is 1. The summed E-state index contributed by atoms with van der Waals surface area (Å²) in [7, 11) is 0. The maximum absolute atomic E-state index is 12.4. The van der Waals surface area contributed by atoms with E-state index < -0.39 is 0 Å². The Morgan fingerprint density at radius 3 is 2.60 bits per heavy atom. The highest BCUT2D eigenvalue weighted by molar-refractivity contribution is 5.79. The fraction of sp³-hybridized carbons (Fsp3) is 0.688. The topological polar surface area (TPSA) is 46.1 Å². The summed E-state index contributed by atoms with van der Waals surface area (Å²) >= 11 is 0. The summed E-state index contributed by atoms with van der Waals surface area (Å²) < 4.78 is 0. The third-order valence-electron chi connectivity index (χ3n) is 5.05. The Bertz CT molecular complexity index is 535. The molecule has 1 aromatic rings. The van der Waals surface area contributed by atoms with Crippen molar-refractivity contribution < 1.29 is 4.79 Å². The van der Waals surface area contributed by atoms with Crippen molar-refractivity contribution in [2.75, 3.05) is 13.1 Å². The first-order valence-electron chi connectivity index (χ1n) is 7.94. The Labute approximate surface area is 119 Å². The number of carbonyl (C=O) groups excluding carboxylic acids is 1. The molecule has 20 heavy (non-hydrogen) atoms. The van der Waals surface area contributed by atoms with Gasteiger partial charge in [0.1, 0.15) is 6.33 Å². The van der Waals surface area contributed by atoms with Gasteiger partial charge in [0, 0.05) is 37.0 Å². The van der Waals surface area contributed by atoms with Crippen LogP contribution in [0.2, 0.25) is 0 Å². The van der Waals surface area contributed by atoms with E-state index in [4.69, 9.17) is 0 Å². The fourth-order valence-electron chi connectivity index (χ4n) is 3.39. The highest BCUT2D eigenvalue weighted by atomic mass is 16.2. The third kappa shape index (κ3) is 2.11. The third-order valence-corrected chi connectivity index (χ3v) is 5.05. The van der Waals surface area contributed by atoms with E-state index >= 15 is 0 Å². The maximum atomic E-state index is 12.4. The zero-order valence-corrected chi connectivity index (χ0v) is 11.8. The van der Waals surface area contributed by atoms with E-state index in [-0.39, 0.29) is 0 Å². The number of rotatable bonds is 2. The van der Waals surface area contributed by atoms with Crippen LogP contribution >= 0.6 is 0 Å². The Kier molecular flexibility index (Phi) is 2.97. The molecule has 0 bridgehead atoms. The molecular weight excluding hydrogens is 250 g/mol. The first-order chi connectivity index (χ1) is 9.83. The van der Waals surface area contributed by atoms with E-state index in [9.17, 15) is 4.79 Å². The minimum absolute atomic E-state index is 0.310. The van der Waals surface area contributed by atoms with E-state index in [1.165, 1.54) is 36.2 Å². The largest absolute Gasteiger partial charge is 0.342 e. The van der Waals surface area contributed by atoms with Crippen LogP contribution in [0.1, 0.15) is 55.0 Å². The van der Waals surface area contributed by atoms with Crippen molar-refractivity contribution in [3.8, 4) is 0 Å². The summed E-state index contributed by atoms with van der Waals surface area (Å²) in [6.45, 7) is 1.69. The summed E-state index contributed by atoms with van der Waals surface area (Å²) in [5.41, 5.74) is 3.80. The van der Waals surface area contributed by atoms with Gasteiger partial charge in [0.15, 0.2) is 0 Å². The SMILES string of the molecule is O=C(C1CCC1)N1CCc2ncnc(C3CC3)c2CC1. The Balaban J connectivity index is 1.53. The summed E-state index contributed by atoms with van der Waals surface area (Å²) in [6.07, 6.45) is 9.52. The van der Waals surface area contributed by atoms with Gasteiger partial charge in [-0.05, 0) is 37.7 Å². The molecule has 0 N–H and O–H groups in total. The van der Waals surface area contributed by atoms with Gasteiger partial charge in [-0.2, -0.15) is 0 Å². The number of nitrogens with zero attached hydrogens (tertiary/aromatic N) is 3. The normalized spacial score (nSPS) is 22.9. The second-order valence-electron chi connectivity index (χ2n) is 6.41. The van der Waals surface area contributed by atoms with Crippen molar-refractivity contribution in [2.24, 2.45) is 5.92 Å². The van der Waals surface area contributed by atoms with Crippen molar-refractivity contribution in [3.05, 3.63) is 23.3 Å². The molecular formula is C16H21N3O. The number of carbonyl (C=O) groups is 1. The van der Waals surface area contributed by atoms with Gasteiger partial charge in [-0.1, -0.05) is 6.42 Å². The summed E-state index contributed by atoms with van der Waals surface area (Å²) in [6, 6.07) is 0. The van der Waals surface area contributed by atoms with Gasteiger partial charge < -0.3 is 4.90 Å². The Morgan fingerprint density at radius 1 is 1.10 bits per heavy atom. The summed E-state index contributed by atoms with van der Waals surface area (Å²) in [5, 5.41) is 0. The molecule has 106 valence electrons. The molecule has 2 fully saturated rings. The standard InChI is InChI=1S/C16H21N3O/c20-16(12-2-1-3-12)19-8-6-13-14(7-9-19)17-10-18-15(13)11-4-5-11/h10-12H,1-9H2. The molecule has 4 rings (SSSR count). The molecule has 1 aliphatic heterocycles. The summed E-state index contributed by atoms with van der Waals surface area (Å²) in [5.74, 6) is 1.36. The van der Waals surface area contributed by atoms with Crippen molar-refractivity contribution >= 4 is 5.91 Å².